The van der Waals surface area contributed by atoms with Gasteiger partial charge in [-0.2, -0.15) is 0 Å². The summed E-state index contributed by atoms with van der Waals surface area (Å²) in [6.07, 6.45) is 1.92. The molecule has 0 bridgehead atoms. The highest BCUT2D eigenvalue weighted by molar-refractivity contribution is 9.10. The first-order valence-corrected chi connectivity index (χ1v) is 5.53. The third-order valence-corrected chi connectivity index (χ3v) is 2.53. The largest absolute Gasteiger partial charge is 0.457 e. The van der Waals surface area contributed by atoms with Gasteiger partial charge < -0.3 is 15.5 Å². The zero-order valence-electron chi connectivity index (χ0n) is 8.12. The molecule has 0 aromatic carbocycles. The van der Waals surface area contributed by atoms with Crippen molar-refractivity contribution >= 4 is 39.0 Å². The van der Waals surface area contributed by atoms with Crippen molar-refractivity contribution in [2.45, 2.75) is 19.4 Å². The van der Waals surface area contributed by atoms with E-state index in [0.29, 0.717) is 21.6 Å². The Bertz CT molecular complexity index is 378. The fourth-order valence-corrected chi connectivity index (χ4v) is 1.78. The average Bonchev–Trinajstić information content (AvgIpc) is 2.49. The van der Waals surface area contributed by atoms with Crippen molar-refractivity contribution in [3.8, 4) is 0 Å². The maximum Gasteiger partial charge on any atom is 0.255 e. The molecule has 0 aliphatic carbocycles. The van der Waals surface area contributed by atoms with Gasteiger partial charge in [0, 0.05) is 12.5 Å². The van der Waals surface area contributed by atoms with Gasteiger partial charge in [0.25, 0.3) is 5.91 Å². The summed E-state index contributed by atoms with van der Waals surface area (Å²) < 4.78 is 5.37. The van der Waals surface area contributed by atoms with Crippen LogP contribution in [0.1, 0.15) is 23.7 Å². The molecule has 6 heteroatoms. The van der Waals surface area contributed by atoms with E-state index in [1.165, 1.54) is 6.26 Å². The van der Waals surface area contributed by atoms with Crippen molar-refractivity contribution in [3.05, 3.63) is 22.6 Å². The molecule has 1 aromatic heterocycles. The second-order valence-electron chi connectivity index (χ2n) is 3.15. The van der Waals surface area contributed by atoms with Gasteiger partial charge in [0.05, 0.1) is 16.8 Å². The topological polar surface area (TPSA) is 68.3 Å². The molecule has 0 saturated heterocycles. The molecule has 15 heavy (non-hydrogen) atoms. The van der Waals surface area contributed by atoms with Crippen LogP contribution in [0, 0.1) is 0 Å². The molecule has 1 heterocycles. The van der Waals surface area contributed by atoms with Crippen molar-refractivity contribution in [2.24, 2.45) is 5.73 Å². The lowest BCUT2D eigenvalue weighted by Crippen LogP contribution is -2.35. The number of nitrogens with two attached hydrogens (primary N) is 1. The number of amides is 1. The molecular formula is C9H11BrN2O2S. The predicted molar refractivity (Wildman–Crippen MR) is 64.7 cm³/mol. The van der Waals surface area contributed by atoms with Crippen LogP contribution in [-0.2, 0) is 0 Å². The third-order valence-electron chi connectivity index (χ3n) is 1.75. The Kier molecular flexibility index (Phi) is 4.28. The van der Waals surface area contributed by atoms with Crippen molar-refractivity contribution < 1.29 is 9.21 Å². The standard InChI is InChI=1S/C9H11BrN2O2S/c1-5(4-7(11)15)12-9(13)6-2-3-14-8(6)10/h2-3,5H,4H2,1H3,(H2,11,15)(H,12,13). The van der Waals surface area contributed by atoms with E-state index < -0.39 is 0 Å². The summed E-state index contributed by atoms with van der Waals surface area (Å²) in [4.78, 5) is 12.0. The minimum Gasteiger partial charge on any atom is -0.457 e. The van der Waals surface area contributed by atoms with Gasteiger partial charge >= 0.3 is 0 Å². The van der Waals surface area contributed by atoms with Crippen LogP contribution < -0.4 is 11.1 Å². The Morgan fingerprint density at radius 2 is 2.47 bits per heavy atom. The fourth-order valence-electron chi connectivity index (χ4n) is 1.11. The molecule has 1 aromatic rings. The molecule has 82 valence electrons. The van der Waals surface area contributed by atoms with E-state index in [9.17, 15) is 4.79 Å². The summed E-state index contributed by atoms with van der Waals surface area (Å²) in [5.74, 6) is -0.209. The lowest BCUT2D eigenvalue weighted by molar-refractivity contribution is 0.0939. The van der Waals surface area contributed by atoms with Crippen molar-refractivity contribution in [2.75, 3.05) is 0 Å². The molecule has 0 fully saturated rings. The molecule has 1 rings (SSSR count). The van der Waals surface area contributed by atoms with Crippen LogP contribution in [0.5, 0.6) is 0 Å². The first-order chi connectivity index (χ1) is 7.00. The van der Waals surface area contributed by atoms with Gasteiger partial charge in [-0.1, -0.05) is 12.2 Å². The lowest BCUT2D eigenvalue weighted by Gasteiger charge is -2.11. The first kappa shape index (κ1) is 12.2. The molecule has 1 atom stereocenters. The molecule has 0 saturated carbocycles. The predicted octanol–water partition coefficient (Wildman–Crippen LogP) is 1.84. The normalized spacial score (nSPS) is 12.1. The van der Waals surface area contributed by atoms with Gasteiger partial charge in [0.1, 0.15) is 0 Å². The average molecular weight is 291 g/mol. The van der Waals surface area contributed by atoms with Crippen LogP contribution in [-0.4, -0.2) is 16.9 Å². The molecule has 3 N–H and O–H groups in total. The van der Waals surface area contributed by atoms with Crippen molar-refractivity contribution in [3.63, 3.8) is 0 Å². The summed E-state index contributed by atoms with van der Waals surface area (Å²) in [7, 11) is 0. The number of hydrogen-bond donors (Lipinski definition) is 2. The molecule has 1 unspecified atom stereocenters. The third kappa shape index (κ3) is 3.64. The Hall–Kier alpha value is -0.880. The highest BCUT2D eigenvalue weighted by Crippen LogP contribution is 2.17. The molecule has 1 amide bonds. The van der Waals surface area contributed by atoms with Gasteiger partial charge in [0.2, 0.25) is 0 Å². The summed E-state index contributed by atoms with van der Waals surface area (Å²) in [6, 6.07) is 1.50. The molecule has 0 aliphatic heterocycles. The number of carbonyl (C=O) groups excluding carboxylic acids is 1. The Labute approximate surface area is 101 Å². The van der Waals surface area contributed by atoms with Gasteiger partial charge in [-0.15, -0.1) is 0 Å². The van der Waals surface area contributed by atoms with Crippen LogP contribution >= 0.6 is 28.1 Å². The summed E-state index contributed by atoms with van der Waals surface area (Å²) >= 11 is 7.88. The van der Waals surface area contributed by atoms with Crippen LogP contribution in [0.3, 0.4) is 0 Å². The molecule has 0 spiro atoms. The number of thiocarbonyl (C=S) groups is 1. The van der Waals surface area contributed by atoms with Gasteiger partial charge in [-0.25, -0.2) is 0 Å². The number of rotatable bonds is 4. The van der Waals surface area contributed by atoms with E-state index in [-0.39, 0.29) is 11.9 Å². The van der Waals surface area contributed by atoms with Gasteiger partial charge in [0.15, 0.2) is 4.67 Å². The maximum absolute atomic E-state index is 11.6. The van der Waals surface area contributed by atoms with Crippen molar-refractivity contribution in [1.82, 2.24) is 5.32 Å². The first-order valence-electron chi connectivity index (χ1n) is 4.33. The van der Waals surface area contributed by atoms with Gasteiger partial charge in [-0.3, -0.25) is 4.79 Å². The zero-order chi connectivity index (χ0) is 11.4. The Morgan fingerprint density at radius 3 is 2.93 bits per heavy atom. The number of furan rings is 1. The minimum absolute atomic E-state index is 0.0863. The highest BCUT2D eigenvalue weighted by Gasteiger charge is 2.14. The van der Waals surface area contributed by atoms with Gasteiger partial charge in [-0.05, 0) is 28.9 Å². The number of nitrogens with one attached hydrogen (secondary N) is 1. The smallest absolute Gasteiger partial charge is 0.255 e. The highest BCUT2D eigenvalue weighted by atomic mass is 79.9. The fraction of sp³-hybridized carbons (Fsp3) is 0.333. The Balaban J connectivity index is 2.56. The number of hydrogen-bond acceptors (Lipinski definition) is 3. The van der Waals surface area contributed by atoms with E-state index in [1.807, 2.05) is 6.92 Å². The Morgan fingerprint density at radius 1 is 1.80 bits per heavy atom. The second kappa shape index (κ2) is 5.27. The van der Waals surface area contributed by atoms with E-state index in [4.69, 9.17) is 22.4 Å². The van der Waals surface area contributed by atoms with Crippen LogP contribution in [0.25, 0.3) is 0 Å². The molecule has 0 radical (unpaired) electrons. The van der Waals surface area contributed by atoms with Crippen LogP contribution in [0.4, 0.5) is 0 Å². The van der Waals surface area contributed by atoms with Crippen LogP contribution in [0.15, 0.2) is 21.4 Å². The van der Waals surface area contributed by atoms with E-state index >= 15 is 0 Å². The summed E-state index contributed by atoms with van der Waals surface area (Å²) in [6.45, 7) is 1.84. The van der Waals surface area contributed by atoms with E-state index in [1.54, 1.807) is 6.07 Å². The zero-order valence-corrected chi connectivity index (χ0v) is 10.5. The monoisotopic (exact) mass is 290 g/mol. The number of halogens is 1. The summed E-state index contributed by atoms with van der Waals surface area (Å²) in [5, 5.41) is 2.76. The van der Waals surface area contributed by atoms with E-state index in [2.05, 4.69) is 21.2 Å². The molecule has 0 aliphatic rings. The SMILES string of the molecule is CC(CC(N)=S)NC(=O)c1ccoc1Br. The lowest BCUT2D eigenvalue weighted by atomic mass is 10.2. The van der Waals surface area contributed by atoms with Crippen molar-refractivity contribution in [1.29, 1.82) is 0 Å². The second-order valence-corrected chi connectivity index (χ2v) is 4.40. The van der Waals surface area contributed by atoms with E-state index in [0.717, 1.165) is 0 Å². The molecule has 4 nitrogen and oxygen atoms in total. The maximum atomic E-state index is 11.6. The van der Waals surface area contributed by atoms with Crippen LogP contribution in [0.2, 0.25) is 0 Å². The number of carbonyl (C=O) groups is 1. The quantitative estimate of drug-likeness (QED) is 0.831. The molecular weight excluding hydrogens is 280 g/mol. The minimum atomic E-state index is -0.209. The summed E-state index contributed by atoms with van der Waals surface area (Å²) in [5.41, 5.74) is 5.83.